The molecule has 3 N–H and O–H groups in total. The van der Waals surface area contributed by atoms with Gasteiger partial charge in [-0.2, -0.15) is 0 Å². The molecular formula is C12H9Br2N3O2. The minimum absolute atomic E-state index is 0.0456. The molecule has 2 aromatic carbocycles. The number of nitro groups is 1. The van der Waals surface area contributed by atoms with Gasteiger partial charge < -0.3 is 11.1 Å². The second-order valence-corrected chi connectivity index (χ2v) is 5.59. The highest BCUT2D eigenvalue weighted by Crippen LogP contribution is 2.31. The van der Waals surface area contributed by atoms with Gasteiger partial charge in [0.1, 0.15) is 0 Å². The average molecular weight is 387 g/mol. The van der Waals surface area contributed by atoms with Crippen molar-refractivity contribution in [3.63, 3.8) is 0 Å². The number of halogens is 2. The lowest BCUT2D eigenvalue weighted by Crippen LogP contribution is -1.96. The van der Waals surface area contributed by atoms with E-state index < -0.39 is 4.92 Å². The molecule has 0 aliphatic rings. The minimum atomic E-state index is -0.474. The Morgan fingerprint density at radius 1 is 1.16 bits per heavy atom. The molecule has 0 saturated heterocycles. The van der Waals surface area contributed by atoms with Gasteiger partial charge in [0.25, 0.3) is 5.69 Å². The lowest BCUT2D eigenvalue weighted by Gasteiger charge is -2.09. The summed E-state index contributed by atoms with van der Waals surface area (Å²) >= 11 is 6.77. The number of anilines is 3. The van der Waals surface area contributed by atoms with E-state index in [-0.39, 0.29) is 5.69 Å². The third-order valence-electron chi connectivity index (χ3n) is 2.36. The lowest BCUT2D eigenvalue weighted by atomic mass is 10.2. The predicted molar refractivity (Wildman–Crippen MR) is 82.6 cm³/mol. The number of nitrogen functional groups attached to an aromatic ring is 1. The van der Waals surface area contributed by atoms with Crippen molar-refractivity contribution in [3.05, 3.63) is 55.5 Å². The maximum absolute atomic E-state index is 10.8. The molecule has 98 valence electrons. The summed E-state index contributed by atoms with van der Waals surface area (Å²) in [6.45, 7) is 0. The van der Waals surface area contributed by atoms with Crippen LogP contribution in [0.3, 0.4) is 0 Å². The number of hydrogen-bond acceptors (Lipinski definition) is 4. The van der Waals surface area contributed by atoms with E-state index in [0.29, 0.717) is 11.4 Å². The van der Waals surface area contributed by atoms with Crippen molar-refractivity contribution in [2.24, 2.45) is 0 Å². The second kappa shape index (κ2) is 5.58. The van der Waals surface area contributed by atoms with E-state index >= 15 is 0 Å². The molecule has 0 spiro atoms. The fourth-order valence-electron chi connectivity index (χ4n) is 1.56. The van der Waals surface area contributed by atoms with Gasteiger partial charge in [0.15, 0.2) is 0 Å². The Labute approximate surface area is 126 Å². The molecule has 5 nitrogen and oxygen atoms in total. The van der Waals surface area contributed by atoms with E-state index in [0.717, 1.165) is 14.6 Å². The predicted octanol–water partition coefficient (Wildman–Crippen LogP) is 4.45. The molecule has 0 radical (unpaired) electrons. The Balaban J connectivity index is 2.35. The van der Waals surface area contributed by atoms with Gasteiger partial charge in [-0.25, -0.2) is 0 Å². The van der Waals surface area contributed by atoms with Gasteiger partial charge in [-0.1, -0.05) is 15.9 Å². The van der Waals surface area contributed by atoms with Gasteiger partial charge in [-0.15, -0.1) is 0 Å². The number of rotatable bonds is 3. The lowest BCUT2D eigenvalue weighted by molar-refractivity contribution is -0.384. The first-order valence-corrected chi connectivity index (χ1v) is 6.81. The van der Waals surface area contributed by atoms with Crippen molar-refractivity contribution in [1.29, 1.82) is 0 Å². The Kier molecular flexibility index (Phi) is 4.06. The van der Waals surface area contributed by atoms with Crippen molar-refractivity contribution in [1.82, 2.24) is 0 Å². The van der Waals surface area contributed by atoms with Crippen molar-refractivity contribution in [2.75, 3.05) is 11.1 Å². The highest BCUT2D eigenvalue weighted by molar-refractivity contribution is 9.11. The number of non-ortho nitro benzene ring substituents is 1. The minimum Gasteiger partial charge on any atom is -0.398 e. The molecule has 19 heavy (non-hydrogen) atoms. The molecule has 0 fully saturated rings. The Bertz CT molecular complexity index is 647. The van der Waals surface area contributed by atoms with E-state index in [4.69, 9.17) is 5.73 Å². The Hall–Kier alpha value is -1.60. The van der Waals surface area contributed by atoms with E-state index in [1.54, 1.807) is 6.07 Å². The Morgan fingerprint density at radius 2 is 1.89 bits per heavy atom. The molecule has 0 unspecified atom stereocenters. The van der Waals surface area contributed by atoms with Crippen LogP contribution in [0.4, 0.5) is 22.7 Å². The van der Waals surface area contributed by atoms with Crippen LogP contribution in [0, 0.1) is 10.1 Å². The topological polar surface area (TPSA) is 81.2 Å². The third kappa shape index (κ3) is 3.45. The van der Waals surface area contributed by atoms with E-state index in [1.165, 1.54) is 12.1 Å². The van der Waals surface area contributed by atoms with Crippen LogP contribution in [0.15, 0.2) is 45.3 Å². The first kappa shape index (κ1) is 13.8. The molecule has 0 heterocycles. The van der Waals surface area contributed by atoms with Gasteiger partial charge >= 0.3 is 0 Å². The molecule has 0 aliphatic heterocycles. The number of benzene rings is 2. The number of hydrogen-bond donors (Lipinski definition) is 2. The monoisotopic (exact) mass is 385 g/mol. The second-order valence-electron chi connectivity index (χ2n) is 3.82. The van der Waals surface area contributed by atoms with Crippen molar-refractivity contribution < 1.29 is 4.92 Å². The third-order valence-corrected chi connectivity index (χ3v) is 3.51. The van der Waals surface area contributed by atoms with Crippen LogP contribution >= 0.6 is 31.9 Å². The molecule has 2 aromatic rings. The molecule has 7 heteroatoms. The summed E-state index contributed by atoms with van der Waals surface area (Å²) in [5.74, 6) is 0. The fourth-order valence-corrected chi connectivity index (χ4v) is 2.70. The van der Waals surface area contributed by atoms with Crippen LogP contribution in [0.5, 0.6) is 0 Å². The number of nitrogens with two attached hydrogens (primary N) is 1. The van der Waals surface area contributed by atoms with Crippen LogP contribution in [-0.2, 0) is 0 Å². The highest BCUT2D eigenvalue weighted by Gasteiger charge is 2.09. The summed E-state index contributed by atoms with van der Waals surface area (Å²) in [5.41, 5.74) is 7.30. The molecule has 2 rings (SSSR count). The molecule has 0 atom stereocenters. The molecule has 0 aromatic heterocycles. The number of nitrogens with zero attached hydrogens (tertiary/aromatic N) is 1. The van der Waals surface area contributed by atoms with Crippen LogP contribution in [0.1, 0.15) is 0 Å². The van der Waals surface area contributed by atoms with Gasteiger partial charge in [0.2, 0.25) is 0 Å². The maximum atomic E-state index is 10.8. The largest absolute Gasteiger partial charge is 0.398 e. The van der Waals surface area contributed by atoms with Crippen LogP contribution in [0.25, 0.3) is 0 Å². The van der Waals surface area contributed by atoms with Gasteiger partial charge in [0, 0.05) is 32.5 Å². The molecule has 0 aliphatic carbocycles. The van der Waals surface area contributed by atoms with Gasteiger partial charge in [-0.05, 0) is 40.2 Å². The molecule has 0 bridgehead atoms. The van der Waals surface area contributed by atoms with Crippen molar-refractivity contribution in [2.45, 2.75) is 0 Å². The Morgan fingerprint density at radius 3 is 2.53 bits per heavy atom. The van der Waals surface area contributed by atoms with Gasteiger partial charge in [0.05, 0.1) is 10.6 Å². The van der Waals surface area contributed by atoms with Crippen LogP contribution < -0.4 is 11.1 Å². The number of nitro benzene ring substituents is 1. The quantitative estimate of drug-likeness (QED) is 0.464. The van der Waals surface area contributed by atoms with Crippen molar-refractivity contribution >= 4 is 54.6 Å². The zero-order valence-electron chi connectivity index (χ0n) is 9.56. The summed E-state index contributed by atoms with van der Waals surface area (Å²) in [6.07, 6.45) is 0. The van der Waals surface area contributed by atoms with Crippen molar-refractivity contribution in [3.8, 4) is 0 Å². The zero-order valence-corrected chi connectivity index (χ0v) is 12.7. The van der Waals surface area contributed by atoms with Crippen LogP contribution in [-0.4, -0.2) is 4.92 Å². The standard InChI is InChI=1S/C12H9Br2N3O2/c13-7-1-2-12(11(14)3-7)16-9-4-8(15)5-10(6-9)17(18)19/h1-6,16H,15H2. The fraction of sp³-hybridized carbons (Fsp3) is 0. The molecule has 0 amide bonds. The molecule has 0 saturated carbocycles. The van der Waals surface area contributed by atoms with E-state index in [2.05, 4.69) is 37.2 Å². The van der Waals surface area contributed by atoms with Crippen LogP contribution in [0.2, 0.25) is 0 Å². The summed E-state index contributed by atoms with van der Waals surface area (Å²) in [6, 6.07) is 9.99. The summed E-state index contributed by atoms with van der Waals surface area (Å²) in [5, 5.41) is 13.9. The zero-order chi connectivity index (χ0) is 14.0. The maximum Gasteiger partial charge on any atom is 0.273 e. The van der Waals surface area contributed by atoms with E-state index in [9.17, 15) is 10.1 Å². The normalized spacial score (nSPS) is 10.2. The van der Waals surface area contributed by atoms with Gasteiger partial charge in [-0.3, -0.25) is 10.1 Å². The van der Waals surface area contributed by atoms with E-state index in [1.807, 2.05) is 18.2 Å². The first-order chi connectivity index (χ1) is 8.95. The molecular weight excluding hydrogens is 378 g/mol. The summed E-state index contributed by atoms with van der Waals surface area (Å²) in [4.78, 5) is 10.3. The summed E-state index contributed by atoms with van der Waals surface area (Å²) in [7, 11) is 0. The number of nitrogens with one attached hydrogen (secondary N) is 1. The highest BCUT2D eigenvalue weighted by atomic mass is 79.9. The summed E-state index contributed by atoms with van der Waals surface area (Å²) < 4.78 is 1.77. The first-order valence-electron chi connectivity index (χ1n) is 5.23. The SMILES string of the molecule is Nc1cc(Nc2ccc(Br)cc2Br)cc([N+](=O)[O-])c1. The smallest absolute Gasteiger partial charge is 0.273 e. The average Bonchev–Trinajstić information content (AvgIpc) is 2.32.